The normalized spacial score (nSPS) is 13.3. The molecule has 0 aliphatic rings. The standard InChI is InChI=1S/C12H22N2OS/c1-4-11(9-16-3)14(2)7-12-5-10(6-13)8-15-12/h5,8,11H,4,6-7,9,13H2,1-3H3. The zero-order valence-corrected chi connectivity index (χ0v) is 11.2. The van der Waals surface area contributed by atoms with Gasteiger partial charge < -0.3 is 10.2 Å². The molecule has 4 heteroatoms. The van der Waals surface area contributed by atoms with Crippen LogP contribution in [0.15, 0.2) is 16.7 Å². The predicted octanol–water partition coefficient (Wildman–Crippen LogP) is 2.31. The summed E-state index contributed by atoms with van der Waals surface area (Å²) in [5.41, 5.74) is 6.62. The predicted molar refractivity (Wildman–Crippen MR) is 70.5 cm³/mol. The van der Waals surface area contributed by atoms with Crippen molar-refractivity contribution in [1.82, 2.24) is 4.90 Å². The van der Waals surface area contributed by atoms with Crippen LogP contribution in [0.1, 0.15) is 24.7 Å². The number of nitrogens with zero attached hydrogens (tertiary/aromatic N) is 1. The van der Waals surface area contributed by atoms with Gasteiger partial charge in [-0.05, 0) is 25.8 Å². The van der Waals surface area contributed by atoms with E-state index < -0.39 is 0 Å². The first-order chi connectivity index (χ1) is 7.71. The maximum atomic E-state index is 5.55. The Labute approximate surface area is 102 Å². The number of hydrogen-bond donors (Lipinski definition) is 1. The third-order valence-electron chi connectivity index (χ3n) is 2.80. The van der Waals surface area contributed by atoms with Crippen molar-refractivity contribution in [2.24, 2.45) is 5.73 Å². The molecule has 0 radical (unpaired) electrons. The third-order valence-corrected chi connectivity index (χ3v) is 3.52. The van der Waals surface area contributed by atoms with Crippen molar-refractivity contribution < 1.29 is 4.42 Å². The summed E-state index contributed by atoms with van der Waals surface area (Å²) in [6, 6.07) is 2.66. The number of hydrogen-bond acceptors (Lipinski definition) is 4. The van der Waals surface area contributed by atoms with E-state index in [1.807, 2.05) is 17.8 Å². The lowest BCUT2D eigenvalue weighted by molar-refractivity contribution is 0.228. The Kier molecular flexibility index (Phi) is 5.95. The molecule has 3 nitrogen and oxygen atoms in total. The maximum Gasteiger partial charge on any atom is 0.118 e. The SMILES string of the molecule is CCC(CSC)N(C)Cc1cc(CN)co1. The van der Waals surface area contributed by atoms with Crippen LogP contribution in [0.3, 0.4) is 0 Å². The van der Waals surface area contributed by atoms with Gasteiger partial charge in [-0.25, -0.2) is 0 Å². The van der Waals surface area contributed by atoms with Crippen molar-refractivity contribution in [2.45, 2.75) is 32.5 Å². The number of thioether (sulfide) groups is 1. The minimum absolute atomic E-state index is 0.551. The van der Waals surface area contributed by atoms with Gasteiger partial charge in [0.15, 0.2) is 0 Å². The highest BCUT2D eigenvalue weighted by Gasteiger charge is 2.13. The average Bonchev–Trinajstić information content (AvgIpc) is 2.73. The van der Waals surface area contributed by atoms with Crippen LogP contribution in [0.2, 0.25) is 0 Å². The second kappa shape index (κ2) is 6.99. The van der Waals surface area contributed by atoms with Gasteiger partial charge in [0, 0.05) is 23.9 Å². The summed E-state index contributed by atoms with van der Waals surface area (Å²) in [7, 11) is 2.15. The molecule has 16 heavy (non-hydrogen) atoms. The van der Waals surface area contributed by atoms with Crippen molar-refractivity contribution >= 4 is 11.8 Å². The lowest BCUT2D eigenvalue weighted by Gasteiger charge is -2.25. The molecule has 0 saturated heterocycles. The first-order valence-electron chi connectivity index (χ1n) is 5.66. The van der Waals surface area contributed by atoms with Crippen molar-refractivity contribution in [1.29, 1.82) is 0 Å². The van der Waals surface area contributed by atoms with Gasteiger partial charge >= 0.3 is 0 Å². The molecule has 0 fully saturated rings. The molecule has 0 aliphatic carbocycles. The number of furan rings is 1. The lowest BCUT2D eigenvalue weighted by Crippen LogP contribution is -2.32. The van der Waals surface area contributed by atoms with Crippen molar-refractivity contribution in [3.63, 3.8) is 0 Å². The van der Waals surface area contributed by atoms with Crippen LogP contribution in [0.5, 0.6) is 0 Å². The van der Waals surface area contributed by atoms with Crippen LogP contribution in [0.4, 0.5) is 0 Å². The molecule has 1 aromatic rings. The van der Waals surface area contributed by atoms with Crippen molar-refractivity contribution in [3.05, 3.63) is 23.7 Å². The van der Waals surface area contributed by atoms with Crippen molar-refractivity contribution in [3.8, 4) is 0 Å². The zero-order valence-electron chi connectivity index (χ0n) is 10.4. The monoisotopic (exact) mass is 242 g/mol. The van der Waals surface area contributed by atoms with Gasteiger partial charge in [0.1, 0.15) is 5.76 Å². The summed E-state index contributed by atoms with van der Waals surface area (Å²) < 4.78 is 5.47. The molecule has 1 rings (SSSR count). The molecule has 0 bridgehead atoms. The molecule has 1 aromatic heterocycles. The Morgan fingerprint density at radius 2 is 2.31 bits per heavy atom. The van der Waals surface area contributed by atoms with Gasteiger partial charge in [-0.15, -0.1) is 0 Å². The van der Waals surface area contributed by atoms with Gasteiger partial charge in [0.05, 0.1) is 12.8 Å². The summed E-state index contributed by atoms with van der Waals surface area (Å²) in [6.45, 7) is 3.64. The van der Waals surface area contributed by atoms with Crippen molar-refractivity contribution in [2.75, 3.05) is 19.1 Å². The van der Waals surface area contributed by atoms with E-state index in [1.54, 1.807) is 6.26 Å². The Hall–Kier alpha value is -0.450. The molecule has 1 heterocycles. The van der Waals surface area contributed by atoms with Gasteiger partial charge in [-0.1, -0.05) is 6.92 Å². The zero-order chi connectivity index (χ0) is 12.0. The quantitative estimate of drug-likeness (QED) is 0.797. The molecule has 0 amide bonds. The Morgan fingerprint density at radius 1 is 1.56 bits per heavy atom. The Morgan fingerprint density at radius 3 is 2.81 bits per heavy atom. The largest absolute Gasteiger partial charge is 0.468 e. The van der Waals surface area contributed by atoms with Crippen LogP contribution in [-0.2, 0) is 13.1 Å². The summed E-state index contributed by atoms with van der Waals surface area (Å²) in [5.74, 6) is 2.17. The summed E-state index contributed by atoms with van der Waals surface area (Å²) in [4.78, 5) is 2.34. The average molecular weight is 242 g/mol. The molecule has 1 atom stereocenters. The first kappa shape index (κ1) is 13.6. The Bertz CT molecular complexity index is 301. The molecule has 0 spiro atoms. The highest BCUT2D eigenvalue weighted by molar-refractivity contribution is 7.98. The molecular formula is C12H22N2OS. The topological polar surface area (TPSA) is 42.4 Å². The fourth-order valence-corrected chi connectivity index (χ4v) is 2.62. The maximum absolute atomic E-state index is 5.55. The van der Waals surface area contributed by atoms with E-state index >= 15 is 0 Å². The Balaban J connectivity index is 2.51. The second-order valence-electron chi connectivity index (χ2n) is 4.06. The van der Waals surface area contributed by atoms with E-state index in [2.05, 4.69) is 25.1 Å². The minimum atomic E-state index is 0.551. The van der Waals surface area contributed by atoms with Gasteiger partial charge in [0.25, 0.3) is 0 Å². The highest BCUT2D eigenvalue weighted by Crippen LogP contribution is 2.14. The van der Waals surface area contributed by atoms with Gasteiger partial charge in [-0.2, -0.15) is 11.8 Å². The fraction of sp³-hybridized carbons (Fsp3) is 0.667. The molecular weight excluding hydrogens is 220 g/mol. The fourth-order valence-electron chi connectivity index (χ4n) is 1.74. The van der Waals surface area contributed by atoms with Crippen LogP contribution >= 0.6 is 11.8 Å². The number of rotatable bonds is 7. The van der Waals surface area contributed by atoms with Crippen LogP contribution < -0.4 is 5.73 Å². The highest BCUT2D eigenvalue weighted by atomic mass is 32.2. The van der Waals surface area contributed by atoms with E-state index in [9.17, 15) is 0 Å². The third kappa shape index (κ3) is 3.85. The molecule has 0 saturated carbocycles. The van der Waals surface area contributed by atoms with E-state index in [0.29, 0.717) is 12.6 Å². The minimum Gasteiger partial charge on any atom is -0.468 e. The number of nitrogens with two attached hydrogens (primary N) is 1. The molecule has 92 valence electrons. The summed E-state index contributed by atoms with van der Waals surface area (Å²) in [5, 5.41) is 0. The van der Waals surface area contributed by atoms with Crippen LogP contribution in [0, 0.1) is 0 Å². The van der Waals surface area contributed by atoms with Gasteiger partial charge in [0.2, 0.25) is 0 Å². The van der Waals surface area contributed by atoms with E-state index in [1.165, 1.54) is 6.42 Å². The molecule has 2 N–H and O–H groups in total. The smallest absolute Gasteiger partial charge is 0.118 e. The molecule has 0 aliphatic heterocycles. The van der Waals surface area contributed by atoms with E-state index in [0.717, 1.165) is 23.6 Å². The van der Waals surface area contributed by atoms with Crippen LogP contribution in [-0.4, -0.2) is 30.0 Å². The summed E-state index contributed by atoms with van der Waals surface area (Å²) in [6.07, 6.45) is 5.07. The van der Waals surface area contributed by atoms with E-state index in [4.69, 9.17) is 10.2 Å². The van der Waals surface area contributed by atoms with Crippen LogP contribution in [0.25, 0.3) is 0 Å². The molecule has 1 unspecified atom stereocenters. The lowest BCUT2D eigenvalue weighted by atomic mass is 10.2. The van der Waals surface area contributed by atoms with E-state index in [-0.39, 0.29) is 0 Å². The molecule has 0 aromatic carbocycles. The second-order valence-corrected chi connectivity index (χ2v) is 4.97. The first-order valence-corrected chi connectivity index (χ1v) is 7.06. The van der Waals surface area contributed by atoms with Gasteiger partial charge in [-0.3, -0.25) is 4.90 Å². The summed E-state index contributed by atoms with van der Waals surface area (Å²) >= 11 is 1.89.